The van der Waals surface area contributed by atoms with Gasteiger partial charge in [-0.15, -0.1) is 0 Å². The second kappa shape index (κ2) is 9.58. The molecule has 172 valence electrons. The molecule has 34 heavy (non-hydrogen) atoms. The Labute approximate surface area is 194 Å². The fraction of sp³-hybridized carbons (Fsp3) is 0.115. The van der Waals surface area contributed by atoms with Crippen molar-refractivity contribution in [1.82, 2.24) is 9.88 Å². The van der Waals surface area contributed by atoms with E-state index in [1.165, 1.54) is 24.4 Å². The molecule has 0 aliphatic rings. The molecule has 0 radical (unpaired) electrons. The van der Waals surface area contributed by atoms with Crippen LogP contribution >= 0.6 is 0 Å². The summed E-state index contributed by atoms with van der Waals surface area (Å²) < 4.78 is 20.0. The van der Waals surface area contributed by atoms with E-state index in [0.29, 0.717) is 11.3 Å². The monoisotopic (exact) mass is 460 g/mol. The van der Waals surface area contributed by atoms with Crippen molar-refractivity contribution in [3.8, 4) is 5.75 Å². The Kier molecular flexibility index (Phi) is 6.40. The zero-order valence-electron chi connectivity index (χ0n) is 18.2. The minimum absolute atomic E-state index is 0.110. The molecule has 0 saturated carbocycles. The molecule has 0 fully saturated rings. The minimum Gasteiger partial charge on any atom is -0.497 e. The second-order valence-electron chi connectivity index (χ2n) is 7.69. The number of pyridine rings is 1. The lowest BCUT2D eigenvalue weighted by molar-refractivity contribution is 0.0694. The average molecular weight is 460 g/mol. The highest BCUT2D eigenvalue weighted by atomic mass is 19.1. The Morgan fingerprint density at radius 1 is 1.00 bits per heavy atom. The van der Waals surface area contributed by atoms with Crippen LogP contribution < -0.4 is 15.5 Å². The van der Waals surface area contributed by atoms with E-state index in [4.69, 9.17) is 4.74 Å². The maximum Gasteiger partial charge on any atom is 0.341 e. The summed E-state index contributed by atoms with van der Waals surface area (Å²) in [6, 6.07) is 17.6. The van der Waals surface area contributed by atoms with E-state index in [2.05, 4.69) is 5.32 Å². The number of methoxy groups -OCH3 is 1. The third kappa shape index (κ3) is 4.80. The number of carbonyl (C=O) groups excluding carboxylic acids is 1. The number of hydrogen-bond donors (Lipinski definition) is 2. The summed E-state index contributed by atoms with van der Waals surface area (Å²) in [5.74, 6) is -1.45. The molecule has 1 amide bonds. The van der Waals surface area contributed by atoms with Crippen molar-refractivity contribution >= 4 is 22.8 Å². The Morgan fingerprint density at radius 2 is 1.68 bits per heavy atom. The number of amides is 1. The summed E-state index contributed by atoms with van der Waals surface area (Å²) in [6.45, 7) is 0.491. The number of aromatic nitrogens is 1. The molecule has 0 atom stereocenters. The number of carbonyl (C=O) groups is 2. The number of nitrogens with zero attached hydrogens (tertiary/aromatic N) is 1. The molecule has 4 rings (SSSR count). The molecule has 0 bridgehead atoms. The van der Waals surface area contributed by atoms with Crippen LogP contribution in [-0.2, 0) is 13.1 Å². The van der Waals surface area contributed by atoms with Gasteiger partial charge < -0.3 is 19.7 Å². The van der Waals surface area contributed by atoms with E-state index < -0.39 is 22.9 Å². The van der Waals surface area contributed by atoms with Crippen molar-refractivity contribution in [2.24, 2.45) is 0 Å². The van der Waals surface area contributed by atoms with E-state index in [-0.39, 0.29) is 29.9 Å². The largest absolute Gasteiger partial charge is 0.497 e. The number of nitrogens with one attached hydrogen (secondary N) is 1. The first-order valence-corrected chi connectivity index (χ1v) is 10.4. The van der Waals surface area contributed by atoms with Gasteiger partial charge in [-0.05, 0) is 53.6 Å². The lowest BCUT2D eigenvalue weighted by Crippen LogP contribution is -2.24. The molecule has 0 saturated heterocycles. The van der Waals surface area contributed by atoms with Gasteiger partial charge >= 0.3 is 5.97 Å². The Hall–Kier alpha value is -4.46. The number of benzene rings is 3. The Morgan fingerprint density at radius 3 is 2.32 bits per heavy atom. The summed E-state index contributed by atoms with van der Waals surface area (Å²) in [5, 5.41) is 12.4. The highest BCUT2D eigenvalue weighted by Gasteiger charge is 2.17. The zero-order valence-corrected chi connectivity index (χ0v) is 18.2. The lowest BCUT2D eigenvalue weighted by Gasteiger charge is -2.14. The number of halogens is 1. The van der Waals surface area contributed by atoms with Gasteiger partial charge in [0.15, 0.2) is 0 Å². The average Bonchev–Trinajstić information content (AvgIpc) is 2.85. The van der Waals surface area contributed by atoms with Crippen molar-refractivity contribution in [3.63, 3.8) is 0 Å². The topological polar surface area (TPSA) is 97.6 Å². The number of carboxylic acid groups (broad SMARTS) is 1. The molecule has 8 heteroatoms. The fourth-order valence-corrected chi connectivity index (χ4v) is 3.64. The summed E-state index contributed by atoms with van der Waals surface area (Å²) >= 11 is 0. The van der Waals surface area contributed by atoms with Gasteiger partial charge in [-0.25, -0.2) is 9.18 Å². The number of fused-ring (bicyclic) bond motifs is 1. The van der Waals surface area contributed by atoms with Crippen molar-refractivity contribution in [2.75, 3.05) is 7.11 Å². The van der Waals surface area contributed by atoms with Crippen molar-refractivity contribution in [1.29, 1.82) is 0 Å². The van der Waals surface area contributed by atoms with E-state index in [9.17, 15) is 23.9 Å². The molecule has 1 aromatic heterocycles. The predicted molar refractivity (Wildman–Crippen MR) is 125 cm³/mol. The summed E-state index contributed by atoms with van der Waals surface area (Å²) in [6.07, 6.45) is 1.26. The number of carboxylic acids is 1. The third-order valence-corrected chi connectivity index (χ3v) is 5.45. The molecule has 0 aliphatic carbocycles. The van der Waals surface area contributed by atoms with Crippen LogP contribution in [0.5, 0.6) is 5.75 Å². The highest BCUT2D eigenvalue weighted by Crippen LogP contribution is 2.18. The Bertz CT molecular complexity index is 1430. The molecule has 3 aromatic carbocycles. The lowest BCUT2D eigenvalue weighted by atomic mass is 10.1. The van der Waals surface area contributed by atoms with E-state index in [1.54, 1.807) is 48.1 Å². The molecule has 4 aromatic rings. The van der Waals surface area contributed by atoms with Crippen LogP contribution in [0.2, 0.25) is 0 Å². The molecule has 0 aliphatic heterocycles. The molecule has 1 heterocycles. The summed E-state index contributed by atoms with van der Waals surface area (Å²) in [7, 11) is 1.57. The quantitative estimate of drug-likeness (QED) is 0.437. The maximum atomic E-state index is 13.3. The SMILES string of the molecule is COc1ccc(CNC(=O)c2ccc3c(c2)c(=O)c(C(=O)O)cn3Cc2ccc(F)cc2)cc1. The van der Waals surface area contributed by atoms with Gasteiger partial charge in [-0.2, -0.15) is 0 Å². The molecule has 0 spiro atoms. The number of ether oxygens (including phenoxy) is 1. The fourth-order valence-electron chi connectivity index (χ4n) is 3.64. The molecule has 7 nitrogen and oxygen atoms in total. The predicted octanol–water partition coefficient (Wildman–Crippen LogP) is 3.83. The van der Waals surface area contributed by atoms with E-state index in [0.717, 1.165) is 11.1 Å². The van der Waals surface area contributed by atoms with Crippen LogP contribution in [0.4, 0.5) is 4.39 Å². The van der Waals surface area contributed by atoms with Gasteiger partial charge in [0.25, 0.3) is 5.91 Å². The van der Waals surface area contributed by atoms with Gasteiger partial charge in [-0.3, -0.25) is 9.59 Å². The van der Waals surface area contributed by atoms with Crippen molar-refractivity contribution in [2.45, 2.75) is 13.1 Å². The van der Waals surface area contributed by atoms with Gasteiger partial charge in [0.1, 0.15) is 17.1 Å². The van der Waals surface area contributed by atoms with Crippen LogP contribution in [0.25, 0.3) is 10.9 Å². The first-order chi connectivity index (χ1) is 16.4. The van der Waals surface area contributed by atoms with Crippen LogP contribution in [-0.4, -0.2) is 28.7 Å². The van der Waals surface area contributed by atoms with Gasteiger partial charge in [-0.1, -0.05) is 24.3 Å². The van der Waals surface area contributed by atoms with Crippen molar-refractivity contribution in [3.05, 3.63) is 111 Å². The summed E-state index contributed by atoms with van der Waals surface area (Å²) in [5.41, 5.74) is 1.20. The molecular formula is C26H21FN2O5. The zero-order chi connectivity index (χ0) is 24.2. The third-order valence-electron chi connectivity index (χ3n) is 5.45. The number of rotatable bonds is 7. The second-order valence-corrected chi connectivity index (χ2v) is 7.69. The van der Waals surface area contributed by atoms with E-state index >= 15 is 0 Å². The smallest absolute Gasteiger partial charge is 0.341 e. The first-order valence-electron chi connectivity index (χ1n) is 10.4. The number of aromatic carboxylic acids is 1. The molecule has 0 unspecified atom stereocenters. The van der Waals surface area contributed by atoms with E-state index in [1.807, 2.05) is 12.1 Å². The van der Waals surface area contributed by atoms with Crippen LogP contribution in [0, 0.1) is 5.82 Å². The maximum absolute atomic E-state index is 13.3. The first kappa shape index (κ1) is 22.7. The van der Waals surface area contributed by atoms with Crippen LogP contribution in [0.3, 0.4) is 0 Å². The van der Waals surface area contributed by atoms with Crippen molar-refractivity contribution < 1.29 is 23.8 Å². The highest BCUT2D eigenvalue weighted by molar-refractivity contribution is 5.99. The summed E-state index contributed by atoms with van der Waals surface area (Å²) in [4.78, 5) is 37.3. The molecular weight excluding hydrogens is 439 g/mol. The van der Waals surface area contributed by atoms with Crippen LogP contribution in [0.15, 0.2) is 77.7 Å². The Balaban J connectivity index is 1.66. The number of hydrogen-bond acceptors (Lipinski definition) is 4. The van der Waals surface area contributed by atoms with Crippen LogP contribution in [0.1, 0.15) is 31.8 Å². The molecule has 2 N–H and O–H groups in total. The van der Waals surface area contributed by atoms with Gasteiger partial charge in [0.2, 0.25) is 5.43 Å². The standard InChI is InChI=1S/C26H21FN2O5/c1-34-20-9-4-16(5-10-20)13-28-25(31)18-6-11-23-21(12-18)24(30)22(26(32)33)15-29(23)14-17-2-7-19(27)8-3-17/h2-12,15H,13-14H2,1H3,(H,28,31)(H,32,33). The minimum atomic E-state index is -1.37. The normalized spacial score (nSPS) is 10.8. The van der Waals surface area contributed by atoms with Gasteiger partial charge in [0, 0.05) is 30.2 Å². The van der Waals surface area contributed by atoms with Gasteiger partial charge in [0.05, 0.1) is 12.6 Å².